The van der Waals surface area contributed by atoms with Crippen LogP contribution in [0.2, 0.25) is 0 Å². The maximum Gasteiger partial charge on any atom is 0.472 e. The monoisotopic (exact) mass is 893 g/mol. The van der Waals surface area contributed by atoms with Crippen LogP contribution in [0, 0.1) is 0 Å². The summed E-state index contributed by atoms with van der Waals surface area (Å²) in [6.07, 6.45) is 54.1. The van der Waals surface area contributed by atoms with E-state index in [9.17, 15) is 19.0 Å². The molecule has 0 rings (SSSR count). The van der Waals surface area contributed by atoms with Crippen molar-refractivity contribution in [2.75, 3.05) is 47.5 Å². The molecule has 10 heteroatoms. The Hall–Kier alpha value is -2.29. The van der Waals surface area contributed by atoms with E-state index >= 15 is 0 Å². The first-order valence-corrected chi connectivity index (χ1v) is 26.5. The van der Waals surface area contributed by atoms with Crippen LogP contribution in [0.5, 0.6) is 0 Å². The third-order valence-corrected chi connectivity index (χ3v) is 11.5. The molecule has 0 saturated carbocycles. The maximum atomic E-state index is 12.7. The standard InChI is InChI=1S/C52H94NO8P/c1-6-8-10-12-14-16-18-20-22-24-26-28-30-32-34-36-38-40-42-44-51(54)58-48-50(49-60-62(56,57)59-47-46-53(3,4)5)61-52(55)45-43-41-39-37-35-33-31-29-27-25-23-21-19-17-15-13-11-9-7-2/h14,16,20,22,25-28,32,34,50H,6-13,15,17-19,21,23-24,29-31,33,35-49H2,1-5H3/p+1/b16-14-,22-20-,27-25-,28-26-,34-32-/t50-/m1/s1. The first kappa shape index (κ1) is 59.7. The van der Waals surface area contributed by atoms with Crippen LogP contribution in [0.4, 0.5) is 0 Å². The number of hydrogen-bond donors (Lipinski definition) is 1. The van der Waals surface area contributed by atoms with Crippen molar-refractivity contribution in [3.63, 3.8) is 0 Å². The quantitative estimate of drug-likeness (QED) is 0.0212. The maximum absolute atomic E-state index is 12.7. The van der Waals surface area contributed by atoms with Gasteiger partial charge in [-0.2, -0.15) is 0 Å². The Balaban J connectivity index is 4.35. The van der Waals surface area contributed by atoms with E-state index in [-0.39, 0.29) is 26.1 Å². The minimum atomic E-state index is -4.39. The highest BCUT2D eigenvalue weighted by Crippen LogP contribution is 2.43. The van der Waals surface area contributed by atoms with Crippen LogP contribution in [0.3, 0.4) is 0 Å². The SMILES string of the molecule is CCCCC/C=C\C/C=C\C/C=C\C/C=C\CCCCCC(=O)OC[C@H](COP(=O)(O)OCC[N+](C)(C)C)OC(=O)CCCCCCCCC/C=C\CCCCCCCCCC. The number of carbonyl (C=O) groups is 2. The number of esters is 2. The van der Waals surface area contributed by atoms with Crippen LogP contribution in [0.15, 0.2) is 60.8 Å². The van der Waals surface area contributed by atoms with Gasteiger partial charge in [-0.3, -0.25) is 18.6 Å². The molecule has 0 aliphatic carbocycles. The molecule has 0 saturated heterocycles. The molecular formula is C52H95NO8P+. The van der Waals surface area contributed by atoms with Gasteiger partial charge in [-0.1, -0.05) is 171 Å². The summed E-state index contributed by atoms with van der Waals surface area (Å²) < 4.78 is 34.4. The molecule has 1 N–H and O–H groups in total. The number of unbranched alkanes of at least 4 members (excludes halogenated alkanes) is 21. The van der Waals surface area contributed by atoms with Gasteiger partial charge < -0.3 is 18.9 Å². The van der Waals surface area contributed by atoms with Crippen molar-refractivity contribution in [2.24, 2.45) is 0 Å². The summed E-state index contributed by atoms with van der Waals surface area (Å²) in [5.41, 5.74) is 0. The zero-order chi connectivity index (χ0) is 45.7. The minimum Gasteiger partial charge on any atom is -0.462 e. The van der Waals surface area contributed by atoms with Crippen LogP contribution >= 0.6 is 7.82 Å². The van der Waals surface area contributed by atoms with Gasteiger partial charge in [0.05, 0.1) is 27.7 Å². The predicted molar refractivity (Wildman–Crippen MR) is 261 cm³/mol. The Morgan fingerprint density at radius 1 is 0.500 bits per heavy atom. The largest absolute Gasteiger partial charge is 0.472 e. The molecule has 360 valence electrons. The number of carbonyl (C=O) groups excluding carboxylic acids is 2. The van der Waals surface area contributed by atoms with Crippen molar-refractivity contribution in [1.82, 2.24) is 0 Å². The summed E-state index contributed by atoms with van der Waals surface area (Å²) in [4.78, 5) is 35.5. The van der Waals surface area contributed by atoms with Crippen LogP contribution in [-0.2, 0) is 32.7 Å². The van der Waals surface area contributed by atoms with Crippen LogP contribution in [0.1, 0.15) is 206 Å². The lowest BCUT2D eigenvalue weighted by Crippen LogP contribution is -2.37. The van der Waals surface area contributed by atoms with E-state index in [0.717, 1.165) is 64.2 Å². The number of quaternary nitrogens is 1. The topological polar surface area (TPSA) is 108 Å². The summed E-state index contributed by atoms with van der Waals surface area (Å²) in [5.74, 6) is -0.839. The van der Waals surface area contributed by atoms with Gasteiger partial charge in [-0.05, 0) is 83.5 Å². The molecule has 0 amide bonds. The number of nitrogens with zero attached hydrogens (tertiary/aromatic N) is 1. The van der Waals surface area contributed by atoms with Crippen LogP contribution < -0.4 is 0 Å². The Bertz CT molecular complexity index is 1240. The van der Waals surface area contributed by atoms with Crippen molar-refractivity contribution in [1.29, 1.82) is 0 Å². The van der Waals surface area contributed by atoms with E-state index in [1.807, 2.05) is 21.1 Å². The van der Waals surface area contributed by atoms with Gasteiger partial charge in [0.2, 0.25) is 0 Å². The van der Waals surface area contributed by atoms with Gasteiger partial charge in [-0.25, -0.2) is 4.57 Å². The minimum absolute atomic E-state index is 0.0234. The molecule has 0 aromatic heterocycles. The van der Waals surface area contributed by atoms with E-state index in [1.165, 1.54) is 103 Å². The van der Waals surface area contributed by atoms with Crippen molar-refractivity contribution in [2.45, 2.75) is 213 Å². The average Bonchev–Trinajstić information content (AvgIpc) is 3.23. The van der Waals surface area contributed by atoms with E-state index < -0.39 is 32.5 Å². The number of phosphoric acid groups is 1. The summed E-state index contributed by atoms with van der Waals surface area (Å²) >= 11 is 0. The molecule has 0 aromatic carbocycles. The van der Waals surface area contributed by atoms with Gasteiger partial charge in [0.1, 0.15) is 19.8 Å². The smallest absolute Gasteiger partial charge is 0.462 e. The zero-order valence-corrected chi connectivity index (χ0v) is 41.5. The van der Waals surface area contributed by atoms with Crippen molar-refractivity contribution >= 4 is 19.8 Å². The Kier molecular flexibility index (Phi) is 42.3. The van der Waals surface area contributed by atoms with Gasteiger partial charge in [0, 0.05) is 12.8 Å². The number of phosphoric ester groups is 1. The molecule has 0 aromatic rings. The zero-order valence-electron chi connectivity index (χ0n) is 40.6. The first-order valence-electron chi connectivity index (χ1n) is 25.0. The van der Waals surface area contributed by atoms with E-state index in [2.05, 4.69) is 74.6 Å². The number of likely N-dealkylation sites (N-methyl/N-ethyl adjacent to an activating group) is 1. The molecule has 1 unspecified atom stereocenters. The van der Waals surface area contributed by atoms with Crippen molar-refractivity contribution in [3.8, 4) is 0 Å². The first-order chi connectivity index (χ1) is 30.0. The molecular weight excluding hydrogens is 798 g/mol. The second-order valence-corrected chi connectivity index (χ2v) is 19.3. The lowest BCUT2D eigenvalue weighted by molar-refractivity contribution is -0.870. The van der Waals surface area contributed by atoms with Crippen molar-refractivity contribution in [3.05, 3.63) is 60.8 Å². The van der Waals surface area contributed by atoms with E-state index in [1.54, 1.807) is 0 Å². The average molecular weight is 893 g/mol. The molecule has 9 nitrogen and oxygen atoms in total. The fourth-order valence-corrected chi connectivity index (χ4v) is 7.32. The highest BCUT2D eigenvalue weighted by molar-refractivity contribution is 7.47. The molecule has 62 heavy (non-hydrogen) atoms. The third kappa shape index (κ3) is 47.2. The number of rotatable bonds is 45. The number of hydrogen-bond acceptors (Lipinski definition) is 7. The summed E-state index contributed by atoms with van der Waals surface area (Å²) in [5, 5.41) is 0. The van der Waals surface area contributed by atoms with E-state index in [4.69, 9.17) is 18.5 Å². The van der Waals surface area contributed by atoms with Crippen LogP contribution in [-0.4, -0.2) is 74.9 Å². The highest BCUT2D eigenvalue weighted by Gasteiger charge is 2.27. The lowest BCUT2D eigenvalue weighted by Gasteiger charge is -2.24. The molecule has 0 spiro atoms. The predicted octanol–water partition coefficient (Wildman–Crippen LogP) is 14.8. The molecule has 0 aliphatic heterocycles. The number of ether oxygens (including phenoxy) is 2. The second kappa shape index (κ2) is 43.9. The lowest BCUT2D eigenvalue weighted by atomic mass is 10.1. The number of allylic oxidation sites excluding steroid dienone is 10. The molecule has 0 fully saturated rings. The van der Waals surface area contributed by atoms with Gasteiger partial charge >= 0.3 is 19.8 Å². The summed E-state index contributed by atoms with van der Waals surface area (Å²) in [6.45, 7) is 4.36. The fourth-order valence-electron chi connectivity index (χ4n) is 6.58. The normalized spacial score (nSPS) is 14.0. The van der Waals surface area contributed by atoms with Gasteiger partial charge in [0.15, 0.2) is 6.10 Å². The van der Waals surface area contributed by atoms with Crippen molar-refractivity contribution < 1.29 is 42.1 Å². The summed E-state index contributed by atoms with van der Waals surface area (Å²) in [6, 6.07) is 0. The van der Waals surface area contributed by atoms with E-state index in [0.29, 0.717) is 23.9 Å². The third-order valence-electron chi connectivity index (χ3n) is 10.5. The van der Waals surface area contributed by atoms with Gasteiger partial charge in [0.25, 0.3) is 0 Å². The summed E-state index contributed by atoms with van der Waals surface area (Å²) in [7, 11) is 1.45. The highest BCUT2D eigenvalue weighted by atomic mass is 31.2. The fraction of sp³-hybridized carbons (Fsp3) is 0.769. The second-order valence-electron chi connectivity index (χ2n) is 17.8. The van der Waals surface area contributed by atoms with Gasteiger partial charge in [-0.15, -0.1) is 0 Å². The van der Waals surface area contributed by atoms with Crippen LogP contribution in [0.25, 0.3) is 0 Å². The molecule has 2 atom stereocenters. The molecule has 0 heterocycles. The molecule has 0 radical (unpaired) electrons. The Labute approximate surface area is 381 Å². The molecule has 0 aliphatic rings. The molecule has 0 bridgehead atoms. The Morgan fingerprint density at radius 2 is 0.871 bits per heavy atom. The Morgan fingerprint density at radius 3 is 1.35 bits per heavy atom.